The summed E-state index contributed by atoms with van der Waals surface area (Å²) in [6.45, 7) is 3.58. The number of primary sulfonamides is 1. The van der Waals surface area contributed by atoms with E-state index in [2.05, 4.69) is 5.32 Å². The van der Waals surface area contributed by atoms with E-state index in [1.807, 2.05) is 6.92 Å². The van der Waals surface area contributed by atoms with E-state index in [-0.39, 0.29) is 22.4 Å². The van der Waals surface area contributed by atoms with Crippen molar-refractivity contribution in [3.8, 4) is 0 Å². The van der Waals surface area contributed by atoms with Crippen LogP contribution in [0.25, 0.3) is 0 Å². The average molecular weight is 385 g/mol. The molecule has 0 saturated carbocycles. The quantitative estimate of drug-likeness (QED) is 0.648. The van der Waals surface area contributed by atoms with Crippen LogP contribution in [0.2, 0.25) is 0 Å². The number of rotatable bonds is 7. The fraction of sp³-hybridized carbons (Fsp3) is 0.667. The van der Waals surface area contributed by atoms with Crippen LogP contribution in [-0.4, -0.2) is 54.5 Å². The van der Waals surface area contributed by atoms with Crippen LogP contribution in [0.5, 0.6) is 0 Å². The van der Waals surface area contributed by atoms with Gasteiger partial charge in [-0.2, -0.15) is 4.31 Å². The minimum Gasteiger partial charge on any atom is -0.385 e. The highest BCUT2D eigenvalue weighted by atomic mass is 32.3. The summed E-state index contributed by atoms with van der Waals surface area (Å²) in [7, 11) is -6.10. The number of ether oxygens (including phenoxy) is 1. The summed E-state index contributed by atoms with van der Waals surface area (Å²) >= 11 is 0.708. The monoisotopic (exact) mass is 384 g/mol. The number of nitrogens with one attached hydrogen (secondary N) is 1. The predicted octanol–water partition coefficient (Wildman–Crippen LogP) is 0.199. The van der Waals surface area contributed by atoms with Crippen molar-refractivity contribution in [2.24, 2.45) is 5.14 Å². The summed E-state index contributed by atoms with van der Waals surface area (Å²) in [5.74, 6) is 0. The summed E-state index contributed by atoms with van der Waals surface area (Å²) in [4.78, 5) is 0. The molecule has 2 heterocycles. The van der Waals surface area contributed by atoms with Crippen LogP contribution < -0.4 is 10.5 Å². The first-order chi connectivity index (χ1) is 10.7. The van der Waals surface area contributed by atoms with Crippen LogP contribution in [0, 0.1) is 0 Å². The molecule has 1 aliphatic heterocycles. The van der Waals surface area contributed by atoms with Gasteiger partial charge in [-0.15, -0.1) is 11.3 Å². The highest BCUT2D eigenvalue weighted by molar-refractivity contribution is 7.94. The van der Waals surface area contributed by atoms with Gasteiger partial charge in [0.25, 0.3) is 10.0 Å². The molecular formula is C12H22N3O5S3+. The van der Waals surface area contributed by atoms with E-state index in [4.69, 9.17) is 9.88 Å². The van der Waals surface area contributed by atoms with Gasteiger partial charge in [-0.3, -0.25) is 0 Å². The molecule has 0 aromatic carbocycles. The zero-order valence-corrected chi connectivity index (χ0v) is 15.4. The molecule has 0 spiro atoms. The average Bonchev–Trinajstić information content (AvgIpc) is 2.90. The lowest BCUT2D eigenvalue weighted by Crippen LogP contribution is -2.43. The number of thiophene rings is 1. The van der Waals surface area contributed by atoms with Crippen LogP contribution >= 0.6 is 11.3 Å². The third-order valence-corrected chi connectivity index (χ3v) is 8.49. The Hall–Kier alpha value is -0.560. The van der Waals surface area contributed by atoms with Gasteiger partial charge < -0.3 is 10.1 Å². The Morgan fingerprint density at radius 2 is 2.26 bits per heavy atom. The van der Waals surface area contributed by atoms with E-state index in [1.54, 1.807) is 7.11 Å². The molecule has 11 heteroatoms. The van der Waals surface area contributed by atoms with Crippen molar-refractivity contribution in [2.75, 3.05) is 33.4 Å². The summed E-state index contributed by atoms with van der Waals surface area (Å²) in [5, 5.41) is 8.34. The molecule has 8 nitrogen and oxygen atoms in total. The maximum Gasteiger partial charge on any atom is 1.00 e. The molecule has 23 heavy (non-hydrogen) atoms. The molecule has 3 N–H and O–H groups in total. The zero-order valence-electron chi connectivity index (χ0n) is 14.0. The first kappa shape index (κ1) is 18.8. The molecule has 1 aromatic rings. The van der Waals surface area contributed by atoms with Crippen LogP contribution in [0.1, 0.15) is 26.4 Å². The van der Waals surface area contributed by atoms with Gasteiger partial charge in [-0.1, -0.05) is 6.92 Å². The van der Waals surface area contributed by atoms with E-state index in [9.17, 15) is 16.8 Å². The lowest BCUT2D eigenvalue weighted by atomic mass is 10.1. The Labute approximate surface area is 142 Å². The van der Waals surface area contributed by atoms with Gasteiger partial charge in [0, 0.05) is 38.4 Å². The SMILES string of the molecule is CCN[C@H]1CN(CCCOC)S(=O)(=O)c2sc(S(N)(=O)=O)cc21.[H+]. The maximum atomic E-state index is 12.7. The van der Waals surface area contributed by atoms with Crippen molar-refractivity contribution in [1.29, 1.82) is 0 Å². The van der Waals surface area contributed by atoms with Gasteiger partial charge in [-0.25, -0.2) is 22.0 Å². The van der Waals surface area contributed by atoms with Crippen molar-refractivity contribution < 1.29 is 23.0 Å². The molecule has 0 fully saturated rings. The molecule has 0 bridgehead atoms. The molecule has 0 amide bonds. The number of fused-ring (bicyclic) bond motifs is 1. The fourth-order valence-corrected chi connectivity index (χ4v) is 6.79. The molecular weight excluding hydrogens is 362 g/mol. The van der Waals surface area contributed by atoms with Gasteiger partial charge in [0.1, 0.15) is 8.42 Å². The first-order valence-electron chi connectivity index (χ1n) is 7.10. The van der Waals surface area contributed by atoms with Crippen molar-refractivity contribution in [2.45, 2.75) is 27.8 Å². The molecule has 0 saturated heterocycles. The van der Waals surface area contributed by atoms with E-state index in [1.165, 1.54) is 10.4 Å². The Morgan fingerprint density at radius 1 is 1.57 bits per heavy atom. The number of likely N-dealkylation sites (N-methyl/N-ethyl adjacent to an activating group) is 1. The molecule has 1 atom stereocenters. The normalized spacial score (nSPS) is 21.3. The molecule has 2 rings (SSSR count). The molecule has 132 valence electrons. The lowest BCUT2D eigenvalue weighted by molar-refractivity contribution is 0.185. The number of sulfonamides is 2. The van der Waals surface area contributed by atoms with Crippen LogP contribution in [0.3, 0.4) is 0 Å². The number of nitrogens with zero attached hydrogens (tertiary/aromatic N) is 1. The van der Waals surface area contributed by atoms with E-state index in [0.717, 1.165) is 0 Å². The van der Waals surface area contributed by atoms with Gasteiger partial charge in [-0.05, 0) is 19.0 Å². The van der Waals surface area contributed by atoms with Gasteiger partial charge in [0.2, 0.25) is 10.0 Å². The molecule has 0 aliphatic carbocycles. The van der Waals surface area contributed by atoms with Crippen molar-refractivity contribution in [3.05, 3.63) is 11.6 Å². The van der Waals surface area contributed by atoms with Gasteiger partial charge in [0.05, 0.1) is 0 Å². The minimum absolute atomic E-state index is 0. The highest BCUT2D eigenvalue weighted by Crippen LogP contribution is 2.39. The molecule has 0 radical (unpaired) electrons. The second kappa shape index (κ2) is 7.13. The van der Waals surface area contributed by atoms with Crippen LogP contribution in [0.15, 0.2) is 14.5 Å². The number of methoxy groups -OCH3 is 1. The predicted molar refractivity (Wildman–Crippen MR) is 88.5 cm³/mol. The number of nitrogens with two attached hydrogens (primary N) is 1. The smallest absolute Gasteiger partial charge is 0.385 e. The summed E-state index contributed by atoms with van der Waals surface area (Å²) < 4.78 is 54.8. The second-order valence-corrected chi connectivity index (χ2v) is 10.1. The van der Waals surface area contributed by atoms with Crippen molar-refractivity contribution in [1.82, 2.24) is 9.62 Å². The third kappa shape index (κ3) is 3.92. The van der Waals surface area contributed by atoms with Crippen molar-refractivity contribution in [3.63, 3.8) is 0 Å². The Kier molecular flexibility index (Phi) is 5.82. The second-order valence-electron chi connectivity index (χ2n) is 5.17. The largest absolute Gasteiger partial charge is 1.00 e. The standard InChI is InChI=1S/C12H21N3O5S3/c1-3-14-10-8-15(5-4-6-20-2)23(18,19)12-9(10)7-11(21-12)22(13,16)17/h7,10,14H,3-6,8H2,1-2H3,(H2,13,16,17)/p+1/t10-/m0/s1. The fourth-order valence-electron chi connectivity index (χ4n) is 2.49. The van der Waals surface area contributed by atoms with E-state index < -0.39 is 20.0 Å². The van der Waals surface area contributed by atoms with Gasteiger partial charge >= 0.3 is 1.43 Å². The zero-order chi connectivity index (χ0) is 17.3. The highest BCUT2D eigenvalue weighted by Gasteiger charge is 2.39. The summed E-state index contributed by atoms with van der Waals surface area (Å²) in [6, 6.07) is 1.11. The first-order valence-corrected chi connectivity index (χ1v) is 10.9. The molecule has 0 unspecified atom stereocenters. The third-order valence-electron chi connectivity index (χ3n) is 3.53. The number of hydrogen-bond donors (Lipinski definition) is 2. The Morgan fingerprint density at radius 3 is 2.83 bits per heavy atom. The summed E-state index contributed by atoms with van der Waals surface area (Å²) in [6.07, 6.45) is 0.567. The summed E-state index contributed by atoms with van der Waals surface area (Å²) in [5.41, 5.74) is 0.476. The van der Waals surface area contributed by atoms with Gasteiger partial charge in [0.15, 0.2) is 0 Å². The lowest BCUT2D eigenvalue weighted by Gasteiger charge is -2.32. The van der Waals surface area contributed by atoms with E-state index in [0.29, 0.717) is 43.0 Å². The molecule has 1 aromatic heterocycles. The number of hydrogen-bond acceptors (Lipinski definition) is 7. The van der Waals surface area contributed by atoms with Crippen LogP contribution in [0.4, 0.5) is 0 Å². The Balaban J connectivity index is 0.00000288. The minimum atomic E-state index is -3.94. The van der Waals surface area contributed by atoms with Crippen LogP contribution in [-0.2, 0) is 24.8 Å². The van der Waals surface area contributed by atoms with Crippen molar-refractivity contribution >= 4 is 31.4 Å². The maximum absolute atomic E-state index is 12.7. The van der Waals surface area contributed by atoms with E-state index >= 15 is 0 Å². The Bertz CT molecular complexity index is 763. The topological polar surface area (TPSA) is 119 Å². The molecule has 1 aliphatic rings.